The molecule has 0 saturated heterocycles. The molecule has 3 rings (SSSR count). The van der Waals surface area contributed by atoms with E-state index >= 15 is 0 Å². The Morgan fingerprint density at radius 2 is 2.00 bits per heavy atom. The van der Waals surface area contributed by atoms with Crippen LogP contribution < -0.4 is 14.8 Å². The molecule has 0 fully saturated rings. The molecule has 1 N–H and O–H groups in total. The number of halogens is 1. The summed E-state index contributed by atoms with van der Waals surface area (Å²) in [6.07, 6.45) is 0. The van der Waals surface area contributed by atoms with Gasteiger partial charge >= 0.3 is 0 Å². The number of likely N-dealkylation sites (N-methyl/N-ethyl adjacent to an activating group) is 1. The van der Waals surface area contributed by atoms with Gasteiger partial charge in [0.25, 0.3) is 0 Å². The fourth-order valence-electron chi connectivity index (χ4n) is 2.78. The Balaban J connectivity index is 1.50. The van der Waals surface area contributed by atoms with Crippen LogP contribution in [0.15, 0.2) is 53.9 Å². The molecule has 158 valence electrons. The monoisotopic (exact) mass is 429 g/mol. The highest BCUT2D eigenvalue weighted by molar-refractivity contribution is 7.09. The van der Waals surface area contributed by atoms with Crippen molar-refractivity contribution in [1.82, 2.24) is 9.88 Å². The van der Waals surface area contributed by atoms with Gasteiger partial charge in [0.2, 0.25) is 5.91 Å². The molecule has 1 heterocycles. The van der Waals surface area contributed by atoms with Crippen molar-refractivity contribution < 1.29 is 18.7 Å². The molecule has 1 amide bonds. The summed E-state index contributed by atoms with van der Waals surface area (Å²) in [5.41, 5.74) is 1.58. The highest BCUT2D eigenvalue weighted by atomic mass is 32.1. The molecule has 2 aromatic carbocycles. The minimum Gasteiger partial charge on any atom is -0.497 e. The largest absolute Gasteiger partial charge is 0.497 e. The van der Waals surface area contributed by atoms with E-state index in [1.165, 1.54) is 23.5 Å². The van der Waals surface area contributed by atoms with Gasteiger partial charge in [-0.25, -0.2) is 9.37 Å². The van der Waals surface area contributed by atoms with E-state index in [1.54, 1.807) is 25.3 Å². The van der Waals surface area contributed by atoms with E-state index in [0.717, 1.165) is 10.7 Å². The number of carbonyl (C=O) groups excluding carboxylic acids is 1. The van der Waals surface area contributed by atoms with Crippen molar-refractivity contribution >= 4 is 22.9 Å². The SMILES string of the molecule is CCN(CC(=O)Nc1cccc(OC)c1)Cc1csc(COc2ccc(F)cc2)n1. The van der Waals surface area contributed by atoms with Crippen molar-refractivity contribution in [3.63, 3.8) is 0 Å². The standard InChI is InChI=1S/C22H24FN3O3S/c1-3-26(13-21(27)24-17-5-4-6-20(11-17)28-2)12-18-15-30-22(25-18)14-29-19-9-7-16(23)8-10-19/h4-11,15H,3,12-14H2,1-2H3,(H,24,27). The highest BCUT2D eigenvalue weighted by Crippen LogP contribution is 2.18. The molecule has 0 unspecified atom stereocenters. The van der Waals surface area contributed by atoms with Crippen molar-refractivity contribution in [1.29, 1.82) is 0 Å². The van der Waals surface area contributed by atoms with Gasteiger partial charge in [-0.1, -0.05) is 13.0 Å². The second-order valence-electron chi connectivity index (χ2n) is 6.56. The zero-order valence-corrected chi connectivity index (χ0v) is 17.7. The van der Waals surface area contributed by atoms with Crippen molar-refractivity contribution in [2.24, 2.45) is 0 Å². The number of anilines is 1. The van der Waals surface area contributed by atoms with E-state index in [0.29, 0.717) is 36.9 Å². The molecule has 0 bridgehead atoms. The lowest BCUT2D eigenvalue weighted by Gasteiger charge is -2.18. The van der Waals surface area contributed by atoms with E-state index in [4.69, 9.17) is 9.47 Å². The van der Waals surface area contributed by atoms with Gasteiger partial charge in [0.15, 0.2) is 0 Å². The number of aromatic nitrogens is 1. The minimum absolute atomic E-state index is 0.0970. The number of nitrogens with one attached hydrogen (secondary N) is 1. The first-order chi connectivity index (χ1) is 14.6. The molecule has 1 aromatic heterocycles. The van der Waals surface area contributed by atoms with Gasteiger partial charge in [-0.15, -0.1) is 11.3 Å². The molecule has 3 aromatic rings. The van der Waals surface area contributed by atoms with Gasteiger partial charge in [-0.05, 0) is 42.9 Å². The zero-order valence-electron chi connectivity index (χ0n) is 16.9. The summed E-state index contributed by atoms with van der Waals surface area (Å²) >= 11 is 1.50. The maximum absolute atomic E-state index is 13.0. The predicted molar refractivity (Wildman–Crippen MR) is 115 cm³/mol. The second-order valence-corrected chi connectivity index (χ2v) is 7.50. The van der Waals surface area contributed by atoms with Gasteiger partial charge in [-0.3, -0.25) is 9.69 Å². The Morgan fingerprint density at radius 3 is 2.73 bits per heavy atom. The van der Waals surface area contributed by atoms with Gasteiger partial charge in [0.1, 0.15) is 28.9 Å². The molecule has 0 saturated carbocycles. The Labute approximate surface area is 179 Å². The van der Waals surface area contributed by atoms with Crippen molar-refractivity contribution in [3.05, 3.63) is 70.4 Å². The maximum Gasteiger partial charge on any atom is 0.238 e. The number of hydrogen-bond acceptors (Lipinski definition) is 6. The summed E-state index contributed by atoms with van der Waals surface area (Å²) in [5, 5.41) is 5.68. The third-order valence-corrected chi connectivity index (χ3v) is 5.20. The van der Waals surface area contributed by atoms with Gasteiger partial charge < -0.3 is 14.8 Å². The van der Waals surface area contributed by atoms with E-state index in [2.05, 4.69) is 10.3 Å². The smallest absolute Gasteiger partial charge is 0.238 e. The number of amides is 1. The Kier molecular flexibility index (Phi) is 7.75. The maximum atomic E-state index is 13.0. The Bertz CT molecular complexity index is 962. The van der Waals surface area contributed by atoms with Gasteiger partial charge in [-0.2, -0.15) is 0 Å². The summed E-state index contributed by atoms with van der Waals surface area (Å²) in [6.45, 7) is 3.86. The normalized spacial score (nSPS) is 10.8. The molecular formula is C22H24FN3O3S. The predicted octanol–water partition coefficient (Wildman–Crippen LogP) is 4.33. The van der Waals surface area contributed by atoms with Crippen LogP contribution in [0.25, 0.3) is 0 Å². The number of nitrogens with zero attached hydrogens (tertiary/aromatic N) is 2. The summed E-state index contributed by atoms with van der Waals surface area (Å²) in [5.74, 6) is 0.893. The summed E-state index contributed by atoms with van der Waals surface area (Å²) < 4.78 is 23.8. The number of benzene rings is 2. The number of rotatable bonds is 10. The summed E-state index contributed by atoms with van der Waals surface area (Å²) in [4.78, 5) is 19.0. The minimum atomic E-state index is -0.297. The molecule has 8 heteroatoms. The number of ether oxygens (including phenoxy) is 2. The van der Waals surface area contributed by atoms with Crippen LogP contribution in [-0.2, 0) is 17.9 Å². The first-order valence-electron chi connectivity index (χ1n) is 9.53. The van der Waals surface area contributed by atoms with E-state index in [9.17, 15) is 9.18 Å². The molecule has 6 nitrogen and oxygen atoms in total. The molecule has 0 radical (unpaired) electrons. The van der Waals surface area contributed by atoms with E-state index in [-0.39, 0.29) is 18.3 Å². The first-order valence-corrected chi connectivity index (χ1v) is 10.4. The quantitative estimate of drug-likeness (QED) is 0.520. The number of methoxy groups -OCH3 is 1. The number of hydrogen-bond donors (Lipinski definition) is 1. The molecular weight excluding hydrogens is 405 g/mol. The van der Waals surface area contributed by atoms with Crippen LogP contribution in [0.1, 0.15) is 17.6 Å². The van der Waals surface area contributed by atoms with Crippen LogP contribution in [0.4, 0.5) is 10.1 Å². The Morgan fingerprint density at radius 1 is 1.20 bits per heavy atom. The fourth-order valence-corrected chi connectivity index (χ4v) is 3.47. The molecule has 0 aliphatic rings. The van der Waals surface area contributed by atoms with Gasteiger partial charge in [0.05, 0.1) is 19.3 Å². The van der Waals surface area contributed by atoms with Crippen LogP contribution in [0, 0.1) is 5.82 Å². The molecule has 0 atom stereocenters. The van der Waals surface area contributed by atoms with Crippen LogP contribution >= 0.6 is 11.3 Å². The number of thiazole rings is 1. The topological polar surface area (TPSA) is 63.7 Å². The van der Waals surface area contributed by atoms with E-state index < -0.39 is 0 Å². The third kappa shape index (κ3) is 6.53. The average molecular weight is 430 g/mol. The molecule has 0 spiro atoms. The number of carbonyl (C=O) groups is 1. The highest BCUT2D eigenvalue weighted by Gasteiger charge is 2.13. The van der Waals surface area contributed by atoms with Crippen LogP contribution in [0.2, 0.25) is 0 Å². The first kappa shape index (κ1) is 21.7. The van der Waals surface area contributed by atoms with Crippen molar-refractivity contribution in [2.75, 3.05) is 25.5 Å². The molecule has 0 aliphatic heterocycles. The fraction of sp³-hybridized carbons (Fsp3) is 0.273. The Hall–Kier alpha value is -2.97. The zero-order chi connectivity index (χ0) is 21.3. The van der Waals surface area contributed by atoms with Crippen LogP contribution in [0.5, 0.6) is 11.5 Å². The lowest BCUT2D eigenvalue weighted by Crippen LogP contribution is -2.32. The third-order valence-electron chi connectivity index (χ3n) is 4.33. The van der Waals surface area contributed by atoms with Crippen LogP contribution in [0.3, 0.4) is 0 Å². The lowest BCUT2D eigenvalue weighted by atomic mass is 10.3. The summed E-state index contributed by atoms with van der Waals surface area (Å²) in [7, 11) is 1.59. The van der Waals surface area contributed by atoms with Crippen molar-refractivity contribution in [2.45, 2.75) is 20.1 Å². The van der Waals surface area contributed by atoms with Crippen molar-refractivity contribution in [3.8, 4) is 11.5 Å². The average Bonchev–Trinajstić information content (AvgIpc) is 3.20. The van der Waals surface area contributed by atoms with Gasteiger partial charge in [0, 0.05) is 23.7 Å². The second kappa shape index (κ2) is 10.7. The molecule has 30 heavy (non-hydrogen) atoms. The van der Waals surface area contributed by atoms with Crippen LogP contribution in [-0.4, -0.2) is 36.0 Å². The molecule has 0 aliphatic carbocycles. The lowest BCUT2D eigenvalue weighted by molar-refractivity contribution is -0.117. The van der Waals surface area contributed by atoms with E-state index in [1.807, 2.05) is 35.4 Å². The summed E-state index contributed by atoms with van der Waals surface area (Å²) in [6, 6.07) is 13.2.